The van der Waals surface area contributed by atoms with Crippen LogP contribution >= 0.6 is 0 Å². The molecule has 0 aliphatic carbocycles. The first kappa shape index (κ1) is 12.8. The molecule has 1 aromatic heterocycles. The lowest BCUT2D eigenvalue weighted by molar-refractivity contribution is 0.0694. The Morgan fingerprint density at radius 3 is 2.75 bits per heavy atom. The fourth-order valence-electron chi connectivity index (χ4n) is 1.74. The van der Waals surface area contributed by atoms with Crippen molar-refractivity contribution in [1.82, 2.24) is 5.32 Å². The maximum atomic E-state index is 10.8. The molecule has 1 atom stereocenters. The van der Waals surface area contributed by atoms with Gasteiger partial charge in [0.15, 0.2) is 0 Å². The number of rotatable bonds is 6. The van der Waals surface area contributed by atoms with Gasteiger partial charge in [0.2, 0.25) is 0 Å². The molecule has 1 unspecified atom stereocenters. The van der Waals surface area contributed by atoms with Crippen molar-refractivity contribution >= 4 is 5.97 Å². The standard InChI is InChI=1S/C12H19NO3/c1-4-10(8(2)3)13-7-11-9(12(14)15)5-6-16-11/h5-6,8,10,13H,4,7H2,1-3H3,(H,14,15). The second-order valence-electron chi connectivity index (χ2n) is 4.20. The minimum absolute atomic E-state index is 0.242. The second-order valence-corrected chi connectivity index (χ2v) is 4.20. The molecule has 0 radical (unpaired) electrons. The highest BCUT2D eigenvalue weighted by Gasteiger charge is 2.15. The van der Waals surface area contributed by atoms with E-state index in [0.29, 0.717) is 24.3 Å². The van der Waals surface area contributed by atoms with Gasteiger partial charge in [-0.15, -0.1) is 0 Å². The SMILES string of the molecule is CCC(NCc1occc1C(=O)O)C(C)C. The molecule has 16 heavy (non-hydrogen) atoms. The van der Waals surface area contributed by atoms with Crippen LogP contribution in [0.2, 0.25) is 0 Å². The first-order valence-electron chi connectivity index (χ1n) is 5.59. The lowest BCUT2D eigenvalue weighted by Gasteiger charge is -2.20. The van der Waals surface area contributed by atoms with Crippen LogP contribution in [0.3, 0.4) is 0 Å². The minimum atomic E-state index is -0.942. The molecule has 1 heterocycles. The average Bonchev–Trinajstić information content (AvgIpc) is 2.66. The highest BCUT2D eigenvalue weighted by molar-refractivity contribution is 5.88. The molecule has 0 saturated carbocycles. The Hall–Kier alpha value is -1.29. The van der Waals surface area contributed by atoms with Crippen molar-refractivity contribution in [2.75, 3.05) is 0 Å². The Morgan fingerprint density at radius 1 is 1.56 bits per heavy atom. The topological polar surface area (TPSA) is 62.5 Å². The Kier molecular flexibility index (Phi) is 4.55. The summed E-state index contributed by atoms with van der Waals surface area (Å²) in [6.45, 7) is 6.85. The predicted molar refractivity (Wildman–Crippen MR) is 61.4 cm³/mol. The summed E-state index contributed by atoms with van der Waals surface area (Å²) in [5.41, 5.74) is 0.242. The summed E-state index contributed by atoms with van der Waals surface area (Å²) in [6, 6.07) is 1.86. The molecule has 0 spiro atoms. The van der Waals surface area contributed by atoms with Crippen molar-refractivity contribution in [2.24, 2.45) is 5.92 Å². The molecule has 0 amide bonds. The van der Waals surface area contributed by atoms with Crippen LogP contribution in [-0.4, -0.2) is 17.1 Å². The zero-order valence-corrected chi connectivity index (χ0v) is 9.99. The molecule has 2 N–H and O–H groups in total. The summed E-state index contributed by atoms with van der Waals surface area (Å²) in [5, 5.41) is 12.2. The monoisotopic (exact) mass is 225 g/mol. The van der Waals surface area contributed by atoms with E-state index in [2.05, 4.69) is 26.1 Å². The van der Waals surface area contributed by atoms with Gasteiger partial charge in [-0.1, -0.05) is 20.8 Å². The third-order valence-electron chi connectivity index (χ3n) is 2.75. The van der Waals surface area contributed by atoms with E-state index >= 15 is 0 Å². The van der Waals surface area contributed by atoms with Gasteiger partial charge in [-0.25, -0.2) is 4.79 Å². The maximum Gasteiger partial charge on any atom is 0.339 e. The molecule has 0 aliphatic rings. The molecule has 1 aromatic rings. The number of nitrogens with one attached hydrogen (secondary N) is 1. The first-order chi connectivity index (χ1) is 7.56. The number of aromatic carboxylic acids is 1. The van der Waals surface area contributed by atoms with E-state index in [0.717, 1.165) is 6.42 Å². The predicted octanol–water partition coefficient (Wildman–Crippen LogP) is 2.50. The van der Waals surface area contributed by atoms with Crippen LogP contribution in [0.1, 0.15) is 43.3 Å². The fourth-order valence-corrected chi connectivity index (χ4v) is 1.74. The zero-order valence-electron chi connectivity index (χ0n) is 9.99. The van der Waals surface area contributed by atoms with Crippen LogP contribution in [0.15, 0.2) is 16.7 Å². The summed E-state index contributed by atoms with van der Waals surface area (Å²) in [4.78, 5) is 10.8. The molecule has 4 heteroatoms. The molecule has 0 aromatic carbocycles. The highest BCUT2D eigenvalue weighted by atomic mass is 16.4. The molecule has 1 rings (SSSR count). The van der Waals surface area contributed by atoms with Crippen LogP contribution in [0.25, 0.3) is 0 Å². The van der Waals surface area contributed by atoms with E-state index in [9.17, 15) is 4.79 Å². The Balaban J connectivity index is 2.60. The Bertz CT molecular complexity index is 344. The van der Waals surface area contributed by atoms with Gasteiger partial charge >= 0.3 is 5.97 Å². The summed E-state index contributed by atoms with van der Waals surface area (Å²) in [7, 11) is 0. The van der Waals surface area contributed by atoms with Crippen molar-refractivity contribution in [1.29, 1.82) is 0 Å². The lowest BCUT2D eigenvalue weighted by atomic mass is 10.0. The van der Waals surface area contributed by atoms with E-state index in [4.69, 9.17) is 9.52 Å². The number of carboxylic acid groups (broad SMARTS) is 1. The van der Waals surface area contributed by atoms with Crippen LogP contribution in [0, 0.1) is 5.92 Å². The van der Waals surface area contributed by atoms with Gasteiger partial charge in [0.1, 0.15) is 11.3 Å². The number of carbonyl (C=O) groups is 1. The van der Waals surface area contributed by atoms with Gasteiger partial charge in [-0.3, -0.25) is 0 Å². The normalized spacial score (nSPS) is 13.0. The van der Waals surface area contributed by atoms with Gasteiger partial charge in [0, 0.05) is 6.04 Å². The summed E-state index contributed by atoms with van der Waals surface area (Å²) in [5.74, 6) is 0.0722. The first-order valence-corrected chi connectivity index (χ1v) is 5.59. The number of furan rings is 1. The smallest absolute Gasteiger partial charge is 0.339 e. The van der Waals surface area contributed by atoms with Gasteiger partial charge in [-0.2, -0.15) is 0 Å². The summed E-state index contributed by atoms with van der Waals surface area (Å²) < 4.78 is 5.16. The number of carboxylic acids is 1. The second kappa shape index (κ2) is 5.70. The van der Waals surface area contributed by atoms with Gasteiger partial charge in [0.25, 0.3) is 0 Å². The van der Waals surface area contributed by atoms with Crippen LogP contribution in [0.5, 0.6) is 0 Å². The van der Waals surface area contributed by atoms with Crippen molar-refractivity contribution in [3.63, 3.8) is 0 Å². The molecule has 0 saturated heterocycles. The molecule has 4 nitrogen and oxygen atoms in total. The molecule has 0 bridgehead atoms. The van der Waals surface area contributed by atoms with E-state index in [-0.39, 0.29) is 5.56 Å². The highest BCUT2D eigenvalue weighted by Crippen LogP contribution is 2.12. The van der Waals surface area contributed by atoms with Crippen LogP contribution in [0.4, 0.5) is 0 Å². The van der Waals surface area contributed by atoms with Crippen molar-refractivity contribution in [3.05, 3.63) is 23.7 Å². The number of hydrogen-bond donors (Lipinski definition) is 2. The van der Waals surface area contributed by atoms with E-state index < -0.39 is 5.97 Å². The summed E-state index contributed by atoms with van der Waals surface area (Å²) >= 11 is 0. The number of hydrogen-bond acceptors (Lipinski definition) is 3. The van der Waals surface area contributed by atoms with E-state index in [1.165, 1.54) is 12.3 Å². The van der Waals surface area contributed by atoms with Gasteiger partial charge in [0.05, 0.1) is 12.8 Å². The van der Waals surface area contributed by atoms with Crippen LogP contribution < -0.4 is 5.32 Å². The average molecular weight is 225 g/mol. The maximum absolute atomic E-state index is 10.8. The largest absolute Gasteiger partial charge is 0.478 e. The zero-order chi connectivity index (χ0) is 12.1. The van der Waals surface area contributed by atoms with E-state index in [1.807, 2.05) is 0 Å². The van der Waals surface area contributed by atoms with E-state index in [1.54, 1.807) is 0 Å². The summed E-state index contributed by atoms with van der Waals surface area (Å²) in [6.07, 6.45) is 2.43. The van der Waals surface area contributed by atoms with Gasteiger partial charge in [-0.05, 0) is 18.4 Å². The lowest BCUT2D eigenvalue weighted by Crippen LogP contribution is -2.32. The minimum Gasteiger partial charge on any atom is -0.478 e. The Labute approximate surface area is 95.7 Å². The Morgan fingerprint density at radius 2 is 2.25 bits per heavy atom. The third kappa shape index (κ3) is 3.10. The molecular formula is C12H19NO3. The van der Waals surface area contributed by atoms with Crippen molar-refractivity contribution in [2.45, 2.75) is 39.8 Å². The molecule has 0 fully saturated rings. The van der Waals surface area contributed by atoms with Crippen molar-refractivity contribution < 1.29 is 14.3 Å². The molecule has 0 aliphatic heterocycles. The van der Waals surface area contributed by atoms with Crippen LogP contribution in [-0.2, 0) is 6.54 Å². The third-order valence-corrected chi connectivity index (χ3v) is 2.75. The molecular weight excluding hydrogens is 206 g/mol. The van der Waals surface area contributed by atoms with Crippen molar-refractivity contribution in [3.8, 4) is 0 Å². The molecule has 90 valence electrons. The quantitative estimate of drug-likeness (QED) is 0.780. The van der Waals surface area contributed by atoms with Gasteiger partial charge < -0.3 is 14.8 Å². The fraction of sp³-hybridized carbons (Fsp3) is 0.583.